The number of benzene rings is 4. The molecule has 0 saturated heterocycles. The Morgan fingerprint density at radius 2 is 1.00 bits per heavy atom. The zero-order valence-corrected chi connectivity index (χ0v) is 18.5. The van der Waals surface area contributed by atoms with Gasteiger partial charge in [0.1, 0.15) is 5.75 Å². The second kappa shape index (κ2) is 14.3. The molecule has 0 saturated carbocycles. The summed E-state index contributed by atoms with van der Waals surface area (Å²) in [5, 5.41) is 20.8. The molecular weight excluding hydrogens is 439 g/mol. The topological polar surface area (TPSA) is 85.1 Å². The molecule has 32 heavy (non-hydrogen) atoms. The predicted molar refractivity (Wildman–Crippen MR) is 122 cm³/mol. The van der Waals surface area contributed by atoms with E-state index in [0.717, 1.165) is 34.3 Å². The summed E-state index contributed by atoms with van der Waals surface area (Å²) < 4.78 is 8.19. The fraction of sp³-hybridized carbons (Fsp3) is 0. The molecule has 5 nitrogen and oxygen atoms in total. The number of nitrogens with zero attached hydrogens (tertiary/aromatic N) is 2. The first kappa shape index (κ1) is 24.5. The van der Waals surface area contributed by atoms with Crippen LogP contribution in [0.15, 0.2) is 119 Å². The van der Waals surface area contributed by atoms with E-state index in [1.807, 2.05) is 78.9 Å². The summed E-state index contributed by atoms with van der Waals surface area (Å²) in [4.78, 5) is 8.46. The Balaban J connectivity index is 0.000000211. The van der Waals surface area contributed by atoms with Crippen molar-refractivity contribution in [2.75, 3.05) is 0 Å². The number of phenols is 1. The second-order valence-electron chi connectivity index (χ2n) is 6.28. The first-order valence-corrected chi connectivity index (χ1v) is 10.2. The van der Waals surface area contributed by atoms with E-state index in [2.05, 4.69) is 9.98 Å². The van der Waals surface area contributed by atoms with E-state index in [1.54, 1.807) is 36.7 Å². The second-order valence-corrected chi connectivity index (χ2v) is 6.28. The van der Waals surface area contributed by atoms with Gasteiger partial charge in [0, 0.05) is 18.0 Å². The molecule has 4 aromatic carbocycles. The fourth-order valence-corrected chi connectivity index (χ4v) is 2.50. The quantitative estimate of drug-likeness (QED) is 0.406. The van der Waals surface area contributed by atoms with Crippen molar-refractivity contribution in [1.29, 1.82) is 0 Å². The van der Waals surface area contributed by atoms with Gasteiger partial charge in [-0.05, 0) is 42.0 Å². The molecule has 0 unspecified atom stereocenters. The number of phenolic OH excluding ortho intramolecular Hbond substituents is 1. The zero-order valence-electron chi connectivity index (χ0n) is 17.2. The van der Waals surface area contributed by atoms with Gasteiger partial charge < -0.3 is 10.2 Å². The third-order valence-electron chi connectivity index (χ3n) is 4.07. The molecular formula is C26H21N2O3V-. The van der Waals surface area contributed by atoms with Gasteiger partial charge in [-0.1, -0.05) is 72.8 Å². The van der Waals surface area contributed by atoms with Crippen molar-refractivity contribution in [3.8, 4) is 11.5 Å². The van der Waals surface area contributed by atoms with Crippen molar-refractivity contribution in [1.82, 2.24) is 0 Å². The maximum absolute atomic E-state index is 11.3. The van der Waals surface area contributed by atoms with Crippen molar-refractivity contribution in [3.63, 3.8) is 0 Å². The van der Waals surface area contributed by atoms with Crippen LogP contribution >= 0.6 is 0 Å². The summed E-state index contributed by atoms with van der Waals surface area (Å²) >= 11 is 1.06. The van der Waals surface area contributed by atoms with Gasteiger partial charge in [-0.2, -0.15) is 0 Å². The van der Waals surface area contributed by atoms with Gasteiger partial charge in [0.2, 0.25) is 0 Å². The van der Waals surface area contributed by atoms with E-state index in [1.165, 1.54) is 6.07 Å². The van der Waals surface area contributed by atoms with Crippen LogP contribution in [0.1, 0.15) is 11.1 Å². The van der Waals surface area contributed by atoms with E-state index in [4.69, 9.17) is 3.67 Å². The number of hydrogen-bond donors (Lipinski definition) is 1. The molecule has 0 spiro atoms. The first-order chi connectivity index (χ1) is 15.7. The van der Waals surface area contributed by atoms with Crippen LogP contribution in [-0.2, 0) is 21.0 Å². The molecule has 6 heteroatoms. The van der Waals surface area contributed by atoms with Gasteiger partial charge >= 0.3 is 21.0 Å². The minimum absolute atomic E-state index is 0.00261. The van der Waals surface area contributed by atoms with Crippen LogP contribution in [0.4, 0.5) is 11.4 Å². The minimum atomic E-state index is -0.00261. The van der Waals surface area contributed by atoms with Crippen LogP contribution in [0.3, 0.4) is 0 Å². The normalized spacial score (nSPS) is 10.1. The molecule has 0 bridgehead atoms. The van der Waals surface area contributed by atoms with E-state index in [-0.39, 0.29) is 11.5 Å². The SMILES string of the molecule is Oc1ccccc1C=Nc1ccccc1.[O-]c1ccccc1C=Nc1ccccc1.[O]=[V]. The van der Waals surface area contributed by atoms with E-state index < -0.39 is 0 Å². The van der Waals surface area contributed by atoms with Crippen LogP contribution in [0.5, 0.6) is 11.5 Å². The van der Waals surface area contributed by atoms with Gasteiger partial charge in [-0.3, -0.25) is 9.98 Å². The Morgan fingerprint density at radius 1 is 0.594 bits per heavy atom. The maximum atomic E-state index is 11.3. The van der Waals surface area contributed by atoms with Gasteiger partial charge in [0.05, 0.1) is 11.4 Å². The summed E-state index contributed by atoms with van der Waals surface area (Å²) in [6, 6.07) is 33.1. The van der Waals surface area contributed by atoms with Gasteiger partial charge in [0.25, 0.3) is 0 Å². The first-order valence-electron chi connectivity index (χ1n) is 9.63. The molecule has 0 heterocycles. The Hall–Kier alpha value is -3.80. The van der Waals surface area contributed by atoms with Gasteiger partial charge in [-0.15, -0.1) is 5.75 Å². The molecule has 0 aliphatic carbocycles. The average molecular weight is 460 g/mol. The summed E-state index contributed by atoms with van der Waals surface area (Å²) in [7, 11) is 0. The number of aromatic hydroxyl groups is 1. The summed E-state index contributed by atoms with van der Waals surface area (Å²) in [6.07, 6.45) is 3.25. The van der Waals surface area contributed by atoms with Crippen LogP contribution in [-0.4, -0.2) is 17.5 Å². The molecule has 0 atom stereocenters. The van der Waals surface area contributed by atoms with Crippen molar-refractivity contribution < 1.29 is 31.3 Å². The summed E-state index contributed by atoms with van der Waals surface area (Å²) in [6.45, 7) is 0. The van der Waals surface area contributed by atoms with Crippen molar-refractivity contribution in [2.45, 2.75) is 0 Å². The van der Waals surface area contributed by atoms with Crippen LogP contribution in [0.25, 0.3) is 0 Å². The third-order valence-corrected chi connectivity index (χ3v) is 4.07. The number of rotatable bonds is 4. The van der Waals surface area contributed by atoms with Gasteiger partial charge in [0.15, 0.2) is 0 Å². The van der Waals surface area contributed by atoms with E-state index in [0.29, 0.717) is 5.56 Å². The average Bonchev–Trinajstić information content (AvgIpc) is 2.86. The number of para-hydroxylation sites is 4. The molecule has 0 aliphatic rings. The molecule has 0 radical (unpaired) electrons. The molecule has 0 aromatic heterocycles. The van der Waals surface area contributed by atoms with Crippen LogP contribution in [0, 0.1) is 0 Å². The summed E-state index contributed by atoms with van der Waals surface area (Å²) in [5.74, 6) is 0.245. The monoisotopic (exact) mass is 460 g/mol. The summed E-state index contributed by atoms with van der Waals surface area (Å²) in [5.41, 5.74) is 3.06. The Labute approximate surface area is 196 Å². The number of hydrogen-bond acceptors (Lipinski definition) is 5. The third kappa shape index (κ3) is 8.52. The molecule has 1 N–H and O–H groups in total. The Kier molecular flexibility index (Phi) is 10.9. The Bertz CT molecular complexity index is 1040. The molecule has 0 aliphatic heterocycles. The van der Waals surface area contributed by atoms with Crippen molar-refractivity contribution in [2.24, 2.45) is 9.98 Å². The molecule has 4 aromatic rings. The van der Waals surface area contributed by atoms with E-state index >= 15 is 0 Å². The predicted octanol–water partition coefficient (Wildman–Crippen LogP) is 5.53. The van der Waals surface area contributed by atoms with Crippen molar-refractivity contribution in [3.05, 3.63) is 120 Å². The molecule has 0 fully saturated rings. The standard InChI is InChI=1S/2C13H11NO.O.V/c2*15-13-9-5-4-6-11(13)10-14-12-7-2-1-3-8-12;;/h2*1-10,15H;;/p-1. The fourth-order valence-electron chi connectivity index (χ4n) is 2.50. The molecule has 4 rings (SSSR count). The molecule has 159 valence electrons. The van der Waals surface area contributed by atoms with Gasteiger partial charge in [-0.25, -0.2) is 0 Å². The van der Waals surface area contributed by atoms with E-state index in [9.17, 15) is 10.2 Å². The number of aliphatic imine (C=N–C) groups is 2. The van der Waals surface area contributed by atoms with Crippen molar-refractivity contribution >= 4 is 23.8 Å². The molecule has 0 amide bonds. The zero-order chi connectivity index (χ0) is 23.0. The van der Waals surface area contributed by atoms with Crippen LogP contribution in [0.2, 0.25) is 0 Å². The van der Waals surface area contributed by atoms with Crippen LogP contribution < -0.4 is 5.11 Å². The Morgan fingerprint density at radius 3 is 1.50 bits per heavy atom.